The van der Waals surface area contributed by atoms with E-state index in [9.17, 15) is 14.4 Å². The fourth-order valence-corrected chi connectivity index (χ4v) is 1.97. The molecular weight excluding hydrogens is 378 g/mol. The van der Waals surface area contributed by atoms with Gasteiger partial charge < -0.3 is 4.74 Å². The van der Waals surface area contributed by atoms with Crippen LogP contribution in [0.25, 0.3) is 0 Å². The summed E-state index contributed by atoms with van der Waals surface area (Å²) in [5.74, 6) is -1.17. The third-order valence-corrected chi connectivity index (χ3v) is 3.43. The number of halogens is 1. The minimum Gasteiger partial charge on any atom is -0.457 e. The molecule has 0 saturated carbocycles. The fraction of sp³-hybridized carbons (Fsp3) is 0.188. The van der Waals surface area contributed by atoms with Crippen molar-refractivity contribution in [2.45, 2.75) is 12.8 Å². The Hall–Kier alpha value is -2.61. The first-order valence-corrected chi connectivity index (χ1v) is 7.85. The maximum Gasteiger partial charge on any atom is 0.306 e. The lowest BCUT2D eigenvalue weighted by atomic mass is 10.1. The van der Waals surface area contributed by atoms with E-state index in [1.807, 2.05) is 0 Å². The van der Waals surface area contributed by atoms with Crippen LogP contribution in [-0.2, 0) is 14.3 Å². The lowest BCUT2D eigenvalue weighted by Gasteiger charge is -2.05. The molecule has 2 rings (SSSR count). The molecule has 0 unspecified atom stereocenters. The average molecular weight is 392 g/mol. The SMILES string of the molecule is O=C(CCC(=O)OCC(=O)c1ccc(Br)cc1)Nc1ncccn1. The van der Waals surface area contributed by atoms with Gasteiger partial charge in [0.05, 0.1) is 6.42 Å². The largest absolute Gasteiger partial charge is 0.457 e. The van der Waals surface area contributed by atoms with Crippen LogP contribution in [-0.4, -0.2) is 34.2 Å². The van der Waals surface area contributed by atoms with E-state index in [2.05, 4.69) is 31.2 Å². The van der Waals surface area contributed by atoms with Gasteiger partial charge in [0.15, 0.2) is 12.4 Å². The van der Waals surface area contributed by atoms with Crippen molar-refractivity contribution in [3.05, 3.63) is 52.8 Å². The van der Waals surface area contributed by atoms with Crippen LogP contribution in [0.3, 0.4) is 0 Å². The van der Waals surface area contributed by atoms with Gasteiger partial charge in [0.1, 0.15) is 0 Å². The van der Waals surface area contributed by atoms with Crippen LogP contribution in [0.15, 0.2) is 47.2 Å². The van der Waals surface area contributed by atoms with Crippen molar-refractivity contribution in [3.8, 4) is 0 Å². The predicted molar refractivity (Wildman–Crippen MR) is 89.3 cm³/mol. The molecule has 2 aromatic rings. The summed E-state index contributed by atoms with van der Waals surface area (Å²) in [6, 6.07) is 8.34. The van der Waals surface area contributed by atoms with Gasteiger partial charge in [-0.1, -0.05) is 28.1 Å². The van der Waals surface area contributed by atoms with Gasteiger partial charge in [-0.3, -0.25) is 19.7 Å². The maximum atomic E-state index is 11.9. The number of amides is 1. The molecule has 1 amide bonds. The van der Waals surface area contributed by atoms with Gasteiger partial charge in [0, 0.05) is 28.9 Å². The highest BCUT2D eigenvalue weighted by atomic mass is 79.9. The molecule has 0 radical (unpaired) electrons. The van der Waals surface area contributed by atoms with Crippen molar-refractivity contribution in [2.24, 2.45) is 0 Å². The predicted octanol–water partition coefficient (Wildman–Crippen LogP) is 2.38. The topological polar surface area (TPSA) is 98.2 Å². The van der Waals surface area contributed by atoms with Gasteiger partial charge in [-0.15, -0.1) is 0 Å². The molecule has 1 aromatic heterocycles. The molecule has 0 atom stereocenters. The Morgan fingerprint density at radius 1 is 1.04 bits per heavy atom. The van der Waals surface area contributed by atoms with Crippen LogP contribution < -0.4 is 5.32 Å². The number of anilines is 1. The molecule has 0 bridgehead atoms. The molecule has 8 heteroatoms. The highest BCUT2D eigenvalue weighted by Crippen LogP contribution is 2.11. The van der Waals surface area contributed by atoms with Crippen LogP contribution >= 0.6 is 15.9 Å². The average Bonchev–Trinajstić information content (AvgIpc) is 2.59. The highest BCUT2D eigenvalue weighted by molar-refractivity contribution is 9.10. The first-order chi connectivity index (χ1) is 11.5. The number of hydrogen-bond acceptors (Lipinski definition) is 6. The molecule has 0 aliphatic carbocycles. The number of carbonyl (C=O) groups is 3. The van der Waals surface area contributed by atoms with Gasteiger partial charge >= 0.3 is 5.97 Å². The summed E-state index contributed by atoms with van der Waals surface area (Å²) in [6.07, 6.45) is 2.77. The number of esters is 1. The van der Waals surface area contributed by atoms with Crippen LogP contribution in [0, 0.1) is 0 Å². The number of ether oxygens (including phenoxy) is 1. The molecule has 0 spiro atoms. The molecule has 1 N–H and O–H groups in total. The Labute approximate surface area is 146 Å². The van der Waals surface area contributed by atoms with Crippen molar-refractivity contribution in [1.82, 2.24) is 9.97 Å². The van der Waals surface area contributed by atoms with E-state index in [1.54, 1.807) is 30.3 Å². The van der Waals surface area contributed by atoms with E-state index in [1.165, 1.54) is 12.4 Å². The van der Waals surface area contributed by atoms with Gasteiger partial charge in [0.2, 0.25) is 11.9 Å². The third-order valence-electron chi connectivity index (χ3n) is 2.90. The number of Topliss-reactive ketones (excluding diaryl/α,β-unsaturated/α-hetero) is 1. The summed E-state index contributed by atoms with van der Waals surface area (Å²) in [4.78, 5) is 42.8. The second-order valence-electron chi connectivity index (χ2n) is 4.71. The zero-order valence-electron chi connectivity index (χ0n) is 12.6. The molecule has 24 heavy (non-hydrogen) atoms. The van der Waals surface area contributed by atoms with Crippen LogP contribution in [0.5, 0.6) is 0 Å². The first-order valence-electron chi connectivity index (χ1n) is 7.06. The Kier molecular flexibility index (Phi) is 6.56. The fourth-order valence-electron chi connectivity index (χ4n) is 1.70. The number of benzene rings is 1. The number of hydrogen-bond donors (Lipinski definition) is 1. The lowest BCUT2D eigenvalue weighted by molar-refractivity contribution is -0.143. The van der Waals surface area contributed by atoms with Crippen molar-refractivity contribution in [3.63, 3.8) is 0 Å². The maximum absolute atomic E-state index is 11.9. The highest BCUT2D eigenvalue weighted by Gasteiger charge is 2.12. The van der Waals surface area contributed by atoms with Gasteiger partial charge in [-0.2, -0.15) is 0 Å². The standard InChI is InChI=1S/C16H14BrN3O4/c17-12-4-2-11(3-5-12)13(21)10-24-15(23)7-6-14(22)20-16-18-8-1-9-19-16/h1-5,8-9H,6-7,10H2,(H,18,19,20,22). The molecule has 124 valence electrons. The molecule has 7 nitrogen and oxygen atoms in total. The third kappa shape index (κ3) is 5.88. The Balaban J connectivity index is 1.70. The van der Waals surface area contributed by atoms with E-state index in [4.69, 9.17) is 4.74 Å². The normalized spacial score (nSPS) is 10.0. The molecule has 1 heterocycles. The summed E-state index contributed by atoms with van der Waals surface area (Å²) in [5, 5.41) is 2.45. The lowest BCUT2D eigenvalue weighted by Crippen LogP contribution is -2.18. The van der Waals surface area contributed by atoms with Crippen LogP contribution in [0.2, 0.25) is 0 Å². The minimum atomic E-state index is -0.621. The van der Waals surface area contributed by atoms with Gasteiger partial charge in [-0.05, 0) is 18.2 Å². The summed E-state index contributed by atoms with van der Waals surface area (Å²) in [6.45, 7) is -0.357. The van der Waals surface area contributed by atoms with Crippen LogP contribution in [0.4, 0.5) is 5.95 Å². The zero-order chi connectivity index (χ0) is 17.4. The quantitative estimate of drug-likeness (QED) is 0.574. The number of aromatic nitrogens is 2. The number of nitrogens with zero attached hydrogens (tertiary/aromatic N) is 2. The second-order valence-corrected chi connectivity index (χ2v) is 5.63. The minimum absolute atomic E-state index is 0.0798. The molecule has 0 fully saturated rings. The number of ketones is 1. The molecule has 0 aliphatic heterocycles. The van der Waals surface area contributed by atoms with E-state index < -0.39 is 11.9 Å². The van der Waals surface area contributed by atoms with Crippen molar-refractivity contribution < 1.29 is 19.1 Å². The Morgan fingerprint density at radius 3 is 2.38 bits per heavy atom. The second kappa shape index (κ2) is 8.88. The Morgan fingerprint density at radius 2 is 1.71 bits per heavy atom. The summed E-state index contributed by atoms with van der Waals surface area (Å²) >= 11 is 3.27. The molecule has 1 aromatic carbocycles. The van der Waals surface area contributed by atoms with Crippen LogP contribution in [0.1, 0.15) is 23.2 Å². The van der Waals surface area contributed by atoms with Crippen molar-refractivity contribution in [1.29, 1.82) is 0 Å². The smallest absolute Gasteiger partial charge is 0.306 e. The van der Waals surface area contributed by atoms with E-state index in [0.717, 1.165) is 4.47 Å². The monoisotopic (exact) mass is 391 g/mol. The van der Waals surface area contributed by atoms with Gasteiger partial charge in [-0.25, -0.2) is 9.97 Å². The number of rotatable bonds is 7. The molecule has 0 aliphatic rings. The van der Waals surface area contributed by atoms with E-state index in [0.29, 0.717) is 5.56 Å². The van der Waals surface area contributed by atoms with E-state index >= 15 is 0 Å². The molecule has 0 saturated heterocycles. The first kappa shape index (κ1) is 17.7. The van der Waals surface area contributed by atoms with E-state index in [-0.39, 0.29) is 31.2 Å². The number of nitrogens with one attached hydrogen (secondary N) is 1. The Bertz CT molecular complexity index is 720. The molecular formula is C16H14BrN3O4. The number of carbonyl (C=O) groups excluding carboxylic acids is 3. The summed E-state index contributed by atoms with van der Waals surface area (Å²) in [5.41, 5.74) is 0.449. The van der Waals surface area contributed by atoms with Gasteiger partial charge in [0.25, 0.3) is 0 Å². The zero-order valence-corrected chi connectivity index (χ0v) is 14.2. The van der Waals surface area contributed by atoms with Crippen molar-refractivity contribution >= 4 is 39.5 Å². The summed E-state index contributed by atoms with van der Waals surface area (Å²) < 4.78 is 5.73. The summed E-state index contributed by atoms with van der Waals surface area (Å²) in [7, 11) is 0. The van der Waals surface area contributed by atoms with Crippen molar-refractivity contribution in [2.75, 3.05) is 11.9 Å².